The van der Waals surface area contributed by atoms with Gasteiger partial charge in [0.1, 0.15) is 5.02 Å². The van der Waals surface area contributed by atoms with Crippen molar-refractivity contribution in [3.8, 4) is 0 Å². The SMILES string of the molecule is NCCCCn1cc(Cl)c(=O)[nH]c1=O. The van der Waals surface area contributed by atoms with E-state index >= 15 is 0 Å². The molecule has 0 aromatic carbocycles. The Morgan fingerprint density at radius 1 is 1.43 bits per heavy atom. The van der Waals surface area contributed by atoms with E-state index in [1.807, 2.05) is 0 Å². The largest absolute Gasteiger partial charge is 0.330 e. The van der Waals surface area contributed by atoms with Crippen LogP contribution in [0, 0.1) is 0 Å². The molecule has 6 heteroatoms. The normalized spacial score (nSPS) is 10.4. The van der Waals surface area contributed by atoms with Gasteiger partial charge < -0.3 is 5.73 Å². The van der Waals surface area contributed by atoms with Gasteiger partial charge in [0.05, 0.1) is 0 Å². The van der Waals surface area contributed by atoms with Gasteiger partial charge in [-0.05, 0) is 19.4 Å². The maximum Gasteiger partial charge on any atom is 0.328 e. The van der Waals surface area contributed by atoms with Crippen LogP contribution in [0.4, 0.5) is 0 Å². The van der Waals surface area contributed by atoms with Crippen molar-refractivity contribution >= 4 is 11.6 Å². The molecule has 0 fully saturated rings. The van der Waals surface area contributed by atoms with Gasteiger partial charge in [0.25, 0.3) is 5.56 Å². The number of hydrogen-bond acceptors (Lipinski definition) is 3. The summed E-state index contributed by atoms with van der Waals surface area (Å²) in [6, 6.07) is 0. The summed E-state index contributed by atoms with van der Waals surface area (Å²) < 4.78 is 1.37. The number of unbranched alkanes of at least 4 members (excludes halogenated alkanes) is 1. The zero-order valence-electron chi connectivity index (χ0n) is 7.62. The summed E-state index contributed by atoms with van der Waals surface area (Å²) in [6.45, 7) is 1.11. The van der Waals surface area contributed by atoms with Gasteiger partial charge in [0.2, 0.25) is 0 Å². The molecule has 0 aliphatic rings. The van der Waals surface area contributed by atoms with E-state index in [9.17, 15) is 9.59 Å². The lowest BCUT2D eigenvalue weighted by molar-refractivity contribution is 0.584. The third kappa shape index (κ3) is 2.71. The number of H-pyrrole nitrogens is 1. The highest BCUT2D eigenvalue weighted by molar-refractivity contribution is 6.30. The molecule has 1 heterocycles. The first-order chi connectivity index (χ1) is 6.65. The molecule has 0 spiro atoms. The predicted octanol–water partition coefficient (Wildman–Crippen LogP) is -0.0711. The van der Waals surface area contributed by atoms with Crippen LogP contribution in [0.5, 0.6) is 0 Å². The van der Waals surface area contributed by atoms with Gasteiger partial charge in [-0.1, -0.05) is 11.6 Å². The van der Waals surface area contributed by atoms with Crippen LogP contribution in [0.3, 0.4) is 0 Å². The van der Waals surface area contributed by atoms with Crippen LogP contribution in [-0.2, 0) is 6.54 Å². The Hall–Kier alpha value is -1.07. The summed E-state index contributed by atoms with van der Waals surface area (Å²) in [5, 5.41) is 0.0253. The number of nitrogens with zero attached hydrogens (tertiary/aromatic N) is 1. The van der Waals surface area contributed by atoms with Crippen LogP contribution < -0.4 is 17.0 Å². The summed E-state index contributed by atoms with van der Waals surface area (Å²) in [6.07, 6.45) is 2.97. The second-order valence-electron chi connectivity index (χ2n) is 2.93. The van der Waals surface area contributed by atoms with Crippen LogP contribution in [0.25, 0.3) is 0 Å². The van der Waals surface area contributed by atoms with E-state index in [-0.39, 0.29) is 5.02 Å². The third-order valence-electron chi connectivity index (χ3n) is 1.82. The first kappa shape index (κ1) is 11.0. The number of aromatic nitrogens is 2. The molecule has 0 unspecified atom stereocenters. The first-order valence-electron chi connectivity index (χ1n) is 4.34. The molecular weight excluding hydrogens is 206 g/mol. The lowest BCUT2D eigenvalue weighted by Gasteiger charge is -2.03. The average molecular weight is 218 g/mol. The molecule has 0 aliphatic carbocycles. The van der Waals surface area contributed by atoms with Crippen molar-refractivity contribution < 1.29 is 0 Å². The van der Waals surface area contributed by atoms with E-state index < -0.39 is 11.2 Å². The zero-order valence-corrected chi connectivity index (χ0v) is 8.38. The highest BCUT2D eigenvalue weighted by Gasteiger charge is 2.01. The lowest BCUT2D eigenvalue weighted by atomic mass is 10.3. The molecule has 3 N–H and O–H groups in total. The predicted molar refractivity (Wildman–Crippen MR) is 54.6 cm³/mol. The van der Waals surface area contributed by atoms with Gasteiger partial charge >= 0.3 is 5.69 Å². The second-order valence-corrected chi connectivity index (χ2v) is 3.33. The minimum Gasteiger partial charge on any atom is -0.330 e. The van der Waals surface area contributed by atoms with Gasteiger partial charge in [-0.2, -0.15) is 0 Å². The molecule has 0 bridgehead atoms. The van der Waals surface area contributed by atoms with Crippen molar-refractivity contribution in [2.45, 2.75) is 19.4 Å². The quantitative estimate of drug-likeness (QED) is 0.693. The minimum atomic E-state index is -0.549. The Morgan fingerprint density at radius 2 is 2.14 bits per heavy atom. The number of hydrogen-bond donors (Lipinski definition) is 2. The van der Waals surface area contributed by atoms with Gasteiger partial charge in [-0.15, -0.1) is 0 Å². The molecule has 0 radical (unpaired) electrons. The molecule has 0 saturated heterocycles. The Kier molecular flexibility index (Phi) is 3.91. The van der Waals surface area contributed by atoms with E-state index in [4.69, 9.17) is 17.3 Å². The molecule has 0 saturated carbocycles. The molecule has 1 rings (SSSR count). The Morgan fingerprint density at radius 3 is 2.79 bits per heavy atom. The molecule has 14 heavy (non-hydrogen) atoms. The maximum atomic E-state index is 11.2. The maximum absolute atomic E-state index is 11.2. The zero-order chi connectivity index (χ0) is 10.6. The number of aromatic amines is 1. The fraction of sp³-hybridized carbons (Fsp3) is 0.500. The Labute approximate surface area is 85.5 Å². The Bertz CT molecular complexity index is 410. The molecule has 5 nitrogen and oxygen atoms in total. The minimum absolute atomic E-state index is 0.0253. The summed E-state index contributed by atoms with van der Waals surface area (Å²) >= 11 is 5.57. The summed E-state index contributed by atoms with van der Waals surface area (Å²) in [5.41, 5.74) is 4.33. The average Bonchev–Trinajstić information content (AvgIpc) is 2.14. The highest BCUT2D eigenvalue weighted by atomic mass is 35.5. The molecule has 0 amide bonds. The van der Waals surface area contributed by atoms with E-state index in [0.717, 1.165) is 12.8 Å². The summed E-state index contributed by atoms with van der Waals surface area (Å²) in [5.74, 6) is 0. The number of aryl methyl sites for hydroxylation is 1. The summed E-state index contributed by atoms with van der Waals surface area (Å²) in [4.78, 5) is 24.2. The van der Waals surface area contributed by atoms with E-state index in [1.165, 1.54) is 10.8 Å². The van der Waals surface area contributed by atoms with Crippen molar-refractivity contribution in [1.82, 2.24) is 9.55 Å². The topological polar surface area (TPSA) is 80.9 Å². The van der Waals surface area contributed by atoms with Gasteiger partial charge in [-0.3, -0.25) is 14.3 Å². The number of nitrogens with one attached hydrogen (secondary N) is 1. The fourth-order valence-corrected chi connectivity index (χ4v) is 1.24. The number of nitrogens with two attached hydrogens (primary N) is 1. The highest BCUT2D eigenvalue weighted by Crippen LogP contribution is 1.97. The van der Waals surface area contributed by atoms with Crippen molar-refractivity contribution in [2.24, 2.45) is 5.73 Å². The van der Waals surface area contributed by atoms with Crippen molar-refractivity contribution in [1.29, 1.82) is 0 Å². The molecule has 78 valence electrons. The van der Waals surface area contributed by atoms with E-state index in [0.29, 0.717) is 13.1 Å². The van der Waals surface area contributed by atoms with Crippen LogP contribution in [0.2, 0.25) is 5.02 Å². The second kappa shape index (κ2) is 4.97. The standard InChI is InChI=1S/C8H12ClN3O2/c9-6-5-12(4-2-1-3-10)8(14)11-7(6)13/h5H,1-4,10H2,(H,11,13,14). The smallest absolute Gasteiger partial charge is 0.328 e. The molecule has 1 aromatic rings. The number of rotatable bonds is 4. The van der Waals surface area contributed by atoms with Crippen LogP contribution in [-0.4, -0.2) is 16.1 Å². The molecular formula is C8H12ClN3O2. The lowest BCUT2D eigenvalue weighted by Crippen LogP contribution is -2.29. The van der Waals surface area contributed by atoms with E-state index in [1.54, 1.807) is 0 Å². The third-order valence-corrected chi connectivity index (χ3v) is 2.09. The fourth-order valence-electron chi connectivity index (χ4n) is 1.08. The van der Waals surface area contributed by atoms with Gasteiger partial charge in [0.15, 0.2) is 0 Å². The first-order valence-corrected chi connectivity index (χ1v) is 4.72. The van der Waals surface area contributed by atoms with Crippen LogP contribution in [0.1, 0.15) is 12.8 Å². The molecule has 0 atom stereocenters. The van der Waals surface area contributed by atoms with Crippen molar-refractivity contribution in [2.75, 3.05) is 6.54 Å². The van der Waals surface area contributed by atoms with Crippen LogP contribution in [0.15, 0.2) is 15.8 Å². The molecule has 0 aliphatic heterocycles. The van der Waals surface area contributed by atoms with E-state index in [2.05, 4.69) is 4.98 Å². The molecule has 1 aromatic heterocycles. The van der Waals surface area contributed by atoms with Crippen LogP contribution >= 0.6 is 11.6 Å². The monoisotopic (exact) mass is 217 g/mol. The summed E-state index contributed by atoms with van der Waals surface area (Å²) in [7, 11) is 0. The van der Waals surface area contributed by atoms with Gasteiger partial charge in [0, 0.05) is 12.7 Å². The van der Waals surface area contributed by atoms with Gasteiger partial charge in [-0.25, -0.2) is 4.79 Å². The van der Waals surface area contributed by atoms with Crippen molar-refractivity contribution in [3.63, 3.8) is 0 Å². The van der Waals surface area contributed by atoms with Crippen molar-refractivity contribution in [3.05, 3.63) is 32.1 Å². The number of halogens is 1. The Balaban J connectivity index is 2.82.